The van der Waals surface area contributed by atoms with Gasteiger partial charge in [0.15, 0.2) is 0 Å². The number of aromatic nitrogens is 3. The predicted octanol–water partition coefficient (Wildman–Crippen LogP) is 4.04. The van der Waals surface area contributed by atoms with E-state index >= 15 is 0 Å². The standard InChI is InChI=1S/C20H24N4OS/c1-3-16(24-6-8-25-9-7-24)4-2-14(1)15-11-17-18(20-21-5-10-26-20)13-23-19(17)22-12-15/h5,10-14,16H,1-4,6-9H2,(H,22,23)/t14-,16-. The van der Waals surface area contributed by atoms with Crippen molar-refractivity contribution in [1.82, 2.24) is 19.9 Å². The number of rotatable bonds is 3. The van der Waals surface area contributed by atoms with Crippen molar-refractivity contribution in [3.8, 4) is 10.6 Å². The first-order valence-electron chi connectivity index (χ1n) is 9.57. The van der Waals surface area contributed by atoms with Gasteiger partial charge in [-0.3, -0.25) is 4.90 Å². The van der Waals surface area contributed by atoms with E-state index in [1.54, 1.807) is 11.3 Å². The van der Waals surface area contributed by atoms with E-state index in [0.717, 1.165) is 43.0 Å². The van der Waals surface area contributed by atoms with Crippen LogP contribution in [0.4, 0.5) is 0 Å². The zero-order valence-electron chi connectivity index (χ0n) is 14.9. The third-order valence-electron chi connectivity index (χ3n) is 5.95. The molecular formula is C20H24N4OS. The van der Waals surface area contributed by atoms with Crippen molar-refractivity contribution in [3.05, 3.63) is 35.6 Å². The second-order valence-corrected chi connectivity index (χ2v) is 8.25. The predicted molar refractivity (Wildman–Crippen MR) is 105 cm³/mol. The van der Waals surface area contributed by atoms with Gasteiger partial charge in [0.05, 0.1) is 13.2 Å². The molecule has 136 valence electrons. The highest BCUT2D eigenvalue weighted by Gasteiger charge is 2.28. The minimum absolute atomic E-state index is 0.628. The van der Waals surface area contributed by atoms with Crippen LogP contribution in [0.15, 0.2) is 30.0 Å². The van der Waals surface area contributed by atoms with E-state index in [9.17, 15) is 0 Å². The van der Waals surface area contributed by atoms with E-state index in [-0.39, 0.29) is 0 Å². The Balaban J connectivity index is 1.34. The maximum atomic E-state index is 5.50. The first-order valence-corrected chi connectivity index (χ1v) is 10.4. The van der Waals surface area contributed by atoms with E-state index < -0.39 is 0 Å². The summed E-state index contributed by atoms with van der Waals surface area (Å²) in [7, 11) is 0. The molecule has 2 aliphatic rings. The number of pyridine rings is 1. The maximum Gasteiger partial charge on any atom is 0.137 e. The summed E-state index contributed by atoms with van der Waals surface area (Å²) in [5, 5.41) is 4.29. The van der Waals surface area contributed by atoms with Gasteiger partial charge in [0.2, 0.25) is 0 Å². The molecule has 5 nitrogen and oxygen atoms in total. The molecule has 0 unspecified atom stereocenters. The molecule has 1 aliphatic heterocycles. The van der Waals surface area contributed by atoms with Crippen molar-refractivity contribution in [1.29, 1.82) is 0 Å². The van der Waals surface area contributed by atoms with Gasteiger partial charge < -0.3 is 9.72 Å². The zero-order valence-corrected chi connectivity index (χ0v) is 15.7. The van der Waals surface area contributed by atoms with Gasteiger partial charge in [0.25, 0.3) is 0 Å². The molecule has 1 N–H and O–H groups in total. The Kier molecular flexibility index (Phi) is 4.48. The third-order valence-corrected chi connectivity index (χ3v) is 6.75. The van der Waals surface area contributed by atoms with Crippen LogP contribution in [-0.4, -0.2) is 52.2 Å². The van der Waals surface area contributed by atoms with Crippen molar-refractivity contribution in [3.63, 3.8) is 0 Å². The largest absolute Gasteiger partial charge is 0.379 e. The molecule has 6 heteroatoms. The number of H-pyrrole nitrogens is 1. The van der Waals surface area contributed by atoms with Crippen molar-refractivity contribution in [2.45, 2.75) is 37.6 Å². The van der Waals surface area contributed by atoms with Crippen molar-refractivity contribution in [2.24, 2.45) is 0 Å². The zero-order chi connectivity index (χ0) is 17.3. The fourth-order valence-electron chi connectivity index (χ4n) is 4.49. The molecule has 1 saturated carbocycles. The van der Waals surface area contributed by atoms with Crippen LogP contribution in [-0.2, 0) is 4.74 Å². The molecule has 3 aromatic heterocycles. The van der Waals surface area contributed by atoms with E-state index in [1.165, 1.54) is 42.2 Å². The van der Waals surface area contributed by atoms with Crippen LogP contribution in [0.25, 0.3) is 21.6 Å². The molecule has 0 spiro atoms. The lowest BCUT2D eigenvalue weighted by Crippen LogP contribution is -2.44. The second-order valence-electron chi connectivity index (χ2n) is 7.36. The molecule has 0 bridgehead atoms. The molecule has 0 aromatic carbocycles. The maximum absolute atomic E-state index is 5.50. The average Bonchev–Trinajstić information content (AvgIpc) is 3.38. The Labute approximate surface area is 157 Å². The van der Waals surface area contributed by atoms with Gasteiger partial charge in [-0.15, -0.1) is 11.3 Å². The fraction of sp³-hybridized carbons (Fsp3) is 0.500. The summed E-state index contributed by atoms with van der Waals surface area (Å²) in [4.78, 5) is 15.1. The number of ether oxygens (including phenoxy) is 1. The molecule has 5 rings (SSSR count). The average molecular weight is 369 g/mol. The minimum Gasteiger partial charge on any atom is -0.379 e. The normalized spacial score (nSPS) is 24.9. The van der Waals surface area contributed by atoms with E-state index in [4.69, 9.17) is 9.72 Å². The summed E-state index contributed by atoms with van der Waals surface area (Å²) in [6.07, 6.45) is 11.1. The third kappa shape index (κ3) is 3.06. The Morgan fingerprint density at radius 2 is 1.96 bits per heavy atom. The van der Waals surface area contributed by atoms with Gasteiger partial charge in [0.1, 0.15) is 10.7 Å². The second kappa shape index (κ2) is 7.10. The Morgan fingerprint density at radius 3 is 2.73 bits per heavy atom. The summed E-state index contributed by atoms with van der Waals surface area (Å²) in [6.45, 7) is 3.99. The molecular weight excluding hydrogens is 344 g/mol. The van der Waals surface area contributed by atoms with Crippen molar-refractivity contribution < 1.29 is 4.74 Å². The van der Waals surface area contributed by atoms with Gasteiger partial charge in [0, 0.05) is 54.1 Å². The number of thiazole rings is 1. The Morgan fingerprint density at radius 1 is 1.12 bits per heavy atom. The smallest absolute Gasteiger partial charge is 0.137 e. The van der Waals surface area contributed by atoms with Crippen LogP contribution >= 0.6 is 11.3 Å². The van der Waals surface area contributed by atoms with Crippen LogP contribution in [0.5, 0.6) is 0 Å². The molecule has 2 fully saturated rings. The Hall–Kier alpha value is -1.76. The quantitative estimate of drug-likeness (QED) is 0.758. The molecule has 1 saturated heterocycles. The summed E-state index contributed by atoms with van der Waals surface area (Å²) < 4.78 is 5.50. The number of morpholine rings is 1. The van der Waals surface area contributed by atoms with Crippen LogP contribution in [0.3, 0.4) is 0 Å². The lowest BCUT2D eigenvalue weighted by Gasteiger charge is -2.38. The monoisotopic (exact) mass is 368 g/mol. The molecule has 3 aromatic rings. The van der Waals surface area contributed by atoms with Gasteiger partial charge in [-0.2, -0.15) is 0 Å². The number of hydrogen-bond acceptors (Lipinski definition) is 5. The SMILES string of the molecule is c1csc(-c2c[nH]c3ncc([C@H]4CC[C@H](N5CCOCC5)CC4)cc23)n1. The molecule has 0 radical (unpaired) electrons. The van der Waals surface area contributed by atoms with Gasteiger partial charge in [-0.1, -0.05) is 0 Å². The van der Waals surface area contributed by atoms with Crippen LogP contribution in [0.2, 0.25) is 0 Å². The first kappa shape index (κ1) is 16.4. The van der Waals surface area contributed by atoms with Gasteiger partial charge >= 0.3 is 0 Å². The number of nitrogens with one attached hydrogen (secondary N) is 1. The topological polar surface area (TPSA) is 54.0 Å². The van der Waals surface area contributed by atoms with Gasteiger partial charge in [-0.25, -0.2) is 9.97 Å². The lowest BCUT2D eigenvalue weighted by atomic mass is 9.81. The van der Waals surface area contributed by atoms with Crippen LogP contribution in [0.1, 0.15) is 37.2 Å². The first-order chi connectivity index (χ1) is 12.9. The summed E-state index contributed by atoms with van der Waals surface area (Å²) in [6, 6.07) is 3.08. The highest BCUT2D eigenvalue weighted by molar-refractivity contribution is 7.13. The summed E-state index contributed by atoms with van der Waals surface area (Å²) in [5.74, 6) is 0.628. The highest BCUT2D eigenvalue weighted by atomic mass is 32.1. The summed E-state index contributed by atoms with van der Waals surface area (Å²) in [5.41, 5.74) is 3.52. The summed E-state index contributed by atoms with van der Waals surface area (Å²) >= 11 is 1.68. The number of hydrogen-bond donors (Lipinski definition) is 1. The number of aromatic amines is 1. The molecule has 4 heterocycles. The van der Waals surface area contributed by atoms with E-state index in [0.29, 0.717) is 5.92 Å². The lowest BCUT2D eigenvalue weighted by molar-refractivity contribution is 0.00729. The van der Waals surface area contributed by atoms with Crippen LogP contribution in [0, 0.1) is 0 Å². The van der Waals surface area contributed by atoms with E-state index in [2.05, 4.69) is 27.1 Å². The van der Waals surface area contributed by atoms with Crippen LogP contribution < -0.4 is 0 Å². The molecule has 26 heavy (non-hydrogen) atoms. The highest BCUT2D eigenvalue weighted by Crippen LogP contribution is 2.37. The van der Waals surface area contributed by atoms with Crippen molar-refractivity contribution >= 4 is 22.4 Å². The number of fused-ring (bicyclic) bond motifs is 1. The molecule has 0 atom stereocenters. The fourth-order valence-corrected chi connectivity index (χ4v) is 5.16. The van der Waals surface area contributed by atoms with Crippen molar-refractivity contribution in [2.75, 3.05) is 26.3 Å². The Bertz CT molecular complexity index is 861. The van der Waals surface area contributed by atoms with Gasteiger partial charge in [-0.05, 0) is 43.2 Å². The molecule has 0 amide bonds. The molecule has 1 aliphatic carbocycles. The minimum atomic E-state index is 0.628. The van der Waals surface area contributed by atoms with E-state index in [1.807, 2.05) is 17.8 Å². The number of nitrogens with zero attached hydrogens (tertiary/aromatic N) is 3.